The molecule has 0 spiro atoms. The Labute approximate surface area is 187 Å². The number of likely N-dealkylation sites (tertiary alicyclic amines) is 1. The van der Waals surface area contributed by atoms with Gasteiger partial charge in [0.05, 0.1) is 11.4 Å². The Morgan fingerprint density at radius 3 is 2.25 bits per heavy atom. The predicted molar refractivity (Wildman–Crippen MR) is 127 cm³/mol. The number of rotatable bonds is 7. The van der Waals surface area contributed by atoms with Crippen LogP contribution in [0.5, 0.6) is 0 Å². The zero-order valence-electron chi connectivity index (χ0n) is 17.5. The first-order valence-corrected chi connectivity index (χ1v) is 11.7. The standard InChI is InChI=1S/C20H34N4O2S.HI/c1-5-21-19(23-16-20(2,3)24-13-7-6-8-14-24)22-15-17-9-11-18(12-10-17)27(4,25)26;/h9-12H,5-8,13-16H2,1-4H3,(H2,21,22,23);1H. The minimum Gasteiger partial charge on any atom is -0.357 e. The summed E-state index contributed by atoms with van der Waals surface area (Å²) < 4.78 is 23.1. The summed E-state index contributed by atoms with van der Waals surface area (Å²) in [7, 11) is -3.16. The number of nitrogens with zero attached hydrogens (tertiary/aromatic N) is 2. The molecule has 0 amide bonds. The van der Waals surface area contributed by atoms with Gasteiger partial charge in [-0.3, -0.25) is 4.90 Å². The van der Waals surface area contributed by atoms with Crippen LogP contribution < -0.4 is 10.6 Å². The molecule has 0 bridgehead atoms. The Bertz CT molecular complexity index is 727. The van der Waals surface area contributed by atoms with Gasteiger partial charge in [-0.1, -0.05) is 18.6 Å². The van der Waals surface area contributed by atoms with Crippen molar-refractivity contribution in [2.75, 3.05) is 32.4 Å². The number of guanidine groups is 1. The quantitative estimate of drug-likeness (QED) is 0.327. The fraction of sp³-hybridized carbons (Fsp3) is 0.650. The van der Waals surface area contributed by atoms with E-state index in [1.165, 1.54) is 25.5 Å². The van der Waals surface area contributed by atoms with Crippen molar-refractivity contribution < 1.29 is 8.42 Å². The summed E-state index contributed by atoms with van der Waals surface area (Å²) in [4.78, 5) is 7.54. The SMILES string of the molecule is CCNC(=NCc1ccc(S(C)(=O)=O)cc1)NCC(C)(C)N1CCCCC1.I. The highest BCUT2D eigenvalue weighted by Gasteiger charge is 2.27. The number of hydrogen-bond donors (Lipinski definition) is 2. The van der Waals surface area contributed by atoms with E-state index in [1.807, 2.05) is 19.1 Å². The maximum absolute atomic E-state index is 11.6. The summed E-state index contributed by atoms with van der Waals surface area (Å²) >= 11 is 0. The maximum atomic E-state index is 11.6. The number of halogens is 1. The summed E-state index contributed by atoms with van der Waals surface area (Å²) in [5, 5.41) is 6.75. The van der Waals surface area contributed by atoms with Crippen molar-refractivity contribution in [1.29, 1.82) is 0 Å². The lowest BCUT2D eigenvalue weighted by Crippen LogP contribution is -2.54. The van der Waals surface area contributed by atoms with Crippen LogP contribution in [0.15, 0.2) is 34.2 Å². The number of sulfone groups is 1. The Kier molecular flexibility index (Phi) is 10.2. The van der Waals surface area contributed by atoms with E-state index in [2.05, 4.69) is 34.4 Å². The predicted octanol–water partition coefficient (Wildman–Crippen LogP) is 3.03. The van der Waals surface area contributed by atoms with Crippen LogP contribution in [0.3, 0.4) is 0 Å². The molecule has 160 valence electrons. The first-order valence-electron chi connectivity index (χ1n) is 9.78. The first-order chi connectivity index (χ1) is 12.7. The van der Waals surface area contributed by atoms with E-state index in [9.17, 15) is 8.42 Å². The van der Waals surface area contributed by atoms with Crippen molar-refractivity contribution in [2.24, 2.45) is 4.99 Å². The third kappa shape index (κ3) is 7.87. The molecule has 2 rings (SSSR count). The summed E-state index contributed by atoms with van der Waals surface area (Å²) in [6, 6.07) is 6.92. The third-order valence-electron chi connectivity index (χ3n) is 5.02. The molecular weight excluding hydrogens is 487 g/mol. The minimum absolute atomic E-state index is 0. The van der Waals surface area contributed by atoms with E-state index >= 15 is 0 Å². The average molecular weight is 522 g/mol. The van der Waals surface area contributed by atoms with E-state index in [1.54, 1.807) is 12.1 Å². The molecule has 8 heteroatoms. The van der Waals surface area contributed by atoms with Gasteiger partial charge >= 0.3 is 0 Å². The fourth-order valence-electron chi connectivity index (χ4n) is 3.27. The van der Waals surface area contributed by atoms with Gasteiger partial charge in [0, 0.05) is 24.9 Å². The fourth-order valence-corrected chi connectivity index (χ4v) is 3.90. The molecular formula is C20H35IN4O2S. The summed E-state index contributed by atoms with van der Waals surface area (Å²) in [5.74, 6) is 0.787. The summed E-state index contributed by atoms with van der Waals surface area (Å²) in [5.41, 5.74) is 1.06. The highest BCUT2D eigenvalue weighted by Crippen LogP contribution is 2.19. The van der Waals surface area contributed by atoms with Crippen LogP contribution in [-0.2, 0) is 16.4 Å². The molecule has 28 heavy (non-hydrogen) atoms. The monoisotopic (exact) mass is 522 g/mol. The zero-order valence-corrected chi connectivity index (χ0v) is 20.6. The minimum atomic E-state index is -3.16. The molecule has 0 aromatic heterocycles. The molecule has 2 N–H and O–H groups in total. The van der Waals surface area contributed by atoms with Gasteiger partial charge in [0.25, 0.3) is 0 Å². The van der Waals surface area contributed by atoms with Crippen molar-refractivity contribution in [1.82, 2.24) is 15.5 Å². The molecule has 0 radical (unpaired) electrons. The largest absolute Gasteiger partial charge is 0.357 e. The number of piperidine rings is 1. The second kappa shape index (κ2) is 11.3. The molecule has 1 heterocycles. The zero-order chi connectivity index (χ0) is 19.9. The summed E-state index contributed by atoms with van der Waals surface area (Å²) in [6.45, 7) is 11.0. The van der Waals surface area contributed by atoms with E-state index in [-0.39, 0.29) is 29.5 Å². The van der Waals surface area contributed by atoms with E-state index in [0.29, 0.717) is 11.4 Å². The lowest BCUT2D eigenvalue weighted by Gasteiger charge is -2.41. The number of nitrogens with one attached hydrogen (secondary N) is 2. The van der Waals surface area contributed by atoms with Crippen molar-refractivity contribution in [3.63, 3.8) is 0 Å². The normalized spacial score (nSPS) is 16.4. The molecule has 1 saturated heterocycles. The third-order valence-corrected chi connectivity index (χ3v) is 6.14. The highest BCUT2D eigenvalue weighted by atomic mass is 127. The lowest BCUT2D eigenvalue weighted by atomic mass is 9.98. The highest BCUT2D eigenvalue weighted by molar-refractivity contribution is 14.0. The summed E-state index contributed by atoms with van der Waals surface area (Å²) in [6.07, 6.45) is 5.11. The smallest absolute Gasteiger partial charge is 0.191 e. The molecule has 6 nitrogen and oxygen atoms in total. The van der Waals surface area contributed by atoms with Gasteiger partial charge in [0.15, 0.2) is 15.8 Å². The van der Waals surface area contributed by atoms with Crippen LogP contribution >= 0.6 is 24.0 Å². The van der Waals surface area contributed by atoms with Gasteiger partial charge in [-0.2, -0.15) is 0 Å². The van der Waals surface area contributed by atoms with Gasteiger partial charge in [0.1, 0.15) is 0 Å². The Hall–Kier alpha value is -0.870. The van der Waals surface area contributed by atoms with Crippen LogP contribution in [0, 0.1) is 0 Å². The van der Waals surface area contributed by atoms with Crippen LogP contribution in [0.25, 0.3) is 0 Å². The Morgan fingerprint density at radius 2 is 1.71 bits per heavy atom. The van der Waals surface area contributed by atoms with Gasteiger partial charge in [-0.25, -0.2) is 13.4 Å². The van der Waals surface area contributed by atoms with E-state index < -0.39 is 9.84 Å². The Morgan fingerprint density at radius 1 is 1.11 bits per heavy atom. The molecule has 1 fully saturated rings. The van der Waals surface area contributed by atoms with Gasteiger partial charge in [-0.15, -0.1) is 24.0 Å². The molecule has 0 aliphatic carbocycles. The molecule has 1 aliphatic rings. The molecule has 1 aliphatic heterocycles. The molecule has 1 aromatic rings. The van der Waals surface area contributed by atoms with Crippen molar-refractivity contribution in [3.05, 3.63) is 29.8 Å². The number of hydrogen-bond acceptors (Lipinski definition) is 4. The second-order valence-electron chi connectivity index (χ2n) is 7.82. The molecule has 1 aromatic carbocycles. The molecule has 0 atom stereocenters. The average Bonchev–Trinajstić information content (AvgIpc) is 2.64. The van der Waals surface area contributed by atoms with Crippen LogP contribution in [0.2, 0.25) is 0 Å². The van der Waals surface area contributed by atoms with E-state index in [0.717, 1.165) is 37.7 Å². The van der Waals surface area contributed by atoms with Crippen molar-refractivity contribution in [2.45, 2.75) is 57.0 Å². The number of benzene rings is 1. The van der Waals surface area contributed by atoms with Crippen LogP contribution in [-0.4, -0.2) is 57.3 Å². The van der Waals surface area contributed by atoms with Crippen molar-refractivity contribution in [3.8, 4) is 0 Å². The van der Waals surface area contributed by atoms with Gasteiger partial charge < -0.3 is 10.6 Å². The molecule has 0 saturated carbocycles. The maximum Gasteiger partial charge on any atom is 0.191 e. The second-order valence-corrected chi connectivity index (χ2v) is 9.84. The lowest BCUT2D eigenvalue weighted by molar-refractivity contribution is 0.0982. The number of aliphatic imine (C=N–C) groups is 1. The Balaban J connectivity index is 0.00000392. The van der Waals surface area contributed by atoms with Gasteiger partial charge in [0.2, 0.25) is 0 Å². The van der Waals surface area contributed by atoms with Gasteiger partial charge in [-0.05, 0) is 64.4 Å². The topological polar surface area (TPSA) is 73.8 Å². The molecule has 0 unspecified atom stereocenters. The van der Waals surface area contributed by atoms with Crippen molar-refractivity contribution >= 4 is 39.8 Å². The van der Waals surface area contributed by atoms with E-state index in [4.69, 9.17) is 0 Å². The van der Waals surface area contributed by atoms with Crippen LogP contribution in [0.1, 0.15) is 45.6 Å². The van der Waals surface area contributed by atoms with Crippen LogP contribution in [0.4, 0.5) is 0 Å². The first kappa shape index (κ1) is 25.2.